The van der Waals surface area contributed by atoms with E-state index in [1.165, 1.54) is 16.2 Å². The van der Waals surface area contributed by atoms with Gasteiger partial charge in [0.05, 0.1) is 36.1 Å². The maximum atomic E-state index is 13.4. The number of ether oxygens (including phenoxy) is 2. The molecule has 36 heavy (non-hydrogen) atoms. The molecular formula is C27H21ClN2O5S. The van der Waals surface area contributed by atoms with Crippen LogP contribution in [0, 0.1) is 6.92 Å². The normalized spacial score (nSPS) is 17.1. The number of aryl methyl sites for hydroxylation is 1. The van der Waals surface area contributed by atoms with Gasteiger partial charge in [-0.1, -0.05) is 35.1 Å². The Labute approximate surface area is 216 Å². The standard InChI is InChI=1S/C27H21ClN2O5S/c1-14-12-16(6-11-20(14)35-3)24(31)22-23(15-4-7-17(28)8-5-15)30(26(33)25(22)32)27-29-19-10-9-18(34-2)13-21(19)36-27/h4-13,23,31H,1-3H3/b24-22+/t23-/m0/s1. The van der Waals surface area contributed by atoms with Gasteiger partial charge in [0.25, 0.3) is 5.78 Å². The summed E-state index contributed by atoms with van der Waals surface area (Å²) in [5.41, 5.74) is 2.43. The van der Waals surface area contributed by atoms with Crippen molar-refractivity contribution in [2.75, 3.05) is 19.1 Å². The van der Waals surface area contributed by atoms with E-state index in [-0.39, 0.29) is 11.3 Å². The van der Waals surface area contributed by atoms with Gasteiger partial charge in [0, 0.05) is 10.6 Å². The summed E-state index contributed by atoms with van der Waals surface area (Å²) in [6.07, 6.45) is 0. The molecule has 1 aliphatic heterocycles. The van der Waals surface area contributed by atoms with E-state index in [0.717, 1.165) is 10.3 Å². The molecule has 9 heteroatoms. The summed E-state index contributed by atoms with van der Waals surface area (Å²) < 4.78 is 11.4. The molecule has 1 fully saturated rings. The van der Waals surface area contributed by atoms with Crippen LogP contribution in [-0.4, -0.2) is 36.0 Å². The molecule has 1 aromatic heterocycles. The zero-order valence-electron chi connectivity index (χ0n) is 19.6. The molecule has 0 spiro atoms. The van der Waals surface area contributed by atoms with Gasteiger partial charge in [0.1, 0.15) is 17.3 Å². The highest BCUT2D eigenvalue weighted by molar-refractivity contribution is 7.22. The summed E-state index contributed by atoms with van der Waals surface area (Å²) in [5, 5.41) is 12.2. The van der Waals surface area contributed by atoms with E-state index < -0.39 is 17.7 Å². The summed E-state index contributed by atoms with van der Waals surface area (Å²) in [5.74, 6) is -0.537. The van der Waals surface area contributed by atoms with E-state index in [1.807, 2.05) is 13.0 Å². The Kier molecular flexibility index (Phi) is 6.15. The summed E-state index contributed by atoms with van der Waals surface area (Å²) in [6.45, 7) is 1.83. The van der Waals surface area contributed by atoms with Gasteiger partial charge in [-0.05, 0) is 66.6 Å². The van der Waals surface area contributed by atoms with Crippen molar-refractivity contribution in [2.45, 2.75) is 13.0 Å². The van der Waals surface area contributed by atoms with Crippen LogP contribution in [0.1, 0.15) is 22.7 Å². The van der Waals surface area contributed by atoms with Crippen molar-refractivity contribution in [3.63, 3.8) is 0 Å². The molecule has 0 aliphatic carbocycles. The van der Waals surface area contributed by atoms with Crippen molar-refractivity contribution in [1.82, 2.24) is 4.98 Å². The fourth-order valence-corrected chi connectivity index (χ4v) is 5.44. The second-order valence-corrected chi connectivity index (χ2v) is 9.68. The third-order valence-corrected chi connectivity index (χ3v) is 7.36. The molecule has 1 atom stereocenters. The minimum Gasteiger partial charge on any atom is -0.507 e. The quantitative estimate of drug-likeness (QED) is 0.200. The number of hydrogen-bond acceptors (Lipinski definition) is 7. The Morgan fingerprint density at radius 3 is 2.44 bits per heavy atom. The van der Waals surface area contributed by atoms with Gasteiger partial charge in [0.15, 0.2) is 5.13 Å². The number of anilines is 1. The van der Waals surface area contributed by atoms with Crippen LogP contribution in [0.5, 0.6) is 11.5 Å². The van der Waals surface area contributed by atoms with E-state index in [2.05, 4.69) is 4.98 Å². The Morgan fingerprint density at radius 1 is 1.03 bits per heavy atom. The van der Waals surface area contributed by atoms with E-state index in [9.17, 15) is 14.7 Å². The molecule has 182 valence electrons. The number of aliphatic hydroxyl groups is 1. The van der Waals surface area contributed by atoms with E-state index >= 15 is 0 Å². The third kappa shape index (κ3) is 3.98. The molecule has 3 aromatic carbocycles. The minimum atomic E-state index is -0.896. The highest BCUT2D eigenvalue weighted by atomic mass is 35.5. The zero-order valence-corrected chi connectivity index (χ0v) is 21.2. The largest absolute Gasteiger partial charge is 0.507 e. The van der Waals surface area contributed by atoms with Crippen LogP contribution >= 0.6 is 22.9 Å². The summed E-state index contributed by atoms with van der Waals surface area (Å²) in [4.78, 5) is 32.7. The van der Waals surface area contributed by atoms with Crippen LogP contribution in [-0.2, 0) is 9.59 Å². The number of carbonyl (C=O) groups excluding carboxylic acids is 2. The van der Waals surface area contributed by atoms with Crippen LogP contribution in [0.25, 0.3) is 16.0 Å². The van der Waals surface area contributed by atoms with Gasteiger partial charge in [-0.15, -0.1) is 0 Å². The van der Waals surface area contributed by atoms with Gasteiger partial charge in [-0.2, -0.15) is 0 Å². The summed E-state index contributed by atoms with van der Waals surface area (Å²) in [6, 6.07) is 16.4. The van der Waals surface area contributed by atoms with Crippen LogP contribution in [0.3, 0.4) is 0 Å². The first kappa shape index (κ1) is 23.8. The van der Waals surface area contributed by atoms with Gasteiger partial charge in [0.2, 0.25) is 0 Å². The van der Waals surface area contributed by atoms with Crippen molar-refractivity contribution in [2.24, 2.45) is 0 Å². The predicted molar refractivity (Wildman–Crippen MR) is 140 cm³/mol. The SMILES string of the molecule is COc1ccc2nc(N3C(=O)C(=O)/C(=C(/O)c4ccc(OC)c(C)c4)[C@@H]3c3ccc(Cl)cc3)sc2c1. The monoisotopic (exact) mass is 520 g/mol. The summed E-state index contributed by atoms with van der Waals surface area (Å²) in [7, 11) is 3.13. The molecule has 7 nitrogen and oxygen atoms in total. The Balaban J connectivity index is 1.71. The molecule has 1 N–H and O–H groups in total. The number of rotatable bonds is 5. The highest BCUT2D eigenvalue weighted by Gasteiger charge is 2.48. The number of benzene rings is 3. The van der Waals surface area contributed by atoms with Crippen molar-refractivity contribution >= 4 is 55.7 Å². The van der Waals surface area contributed by atoms with Crippen LogP contribution in [0.2, 0.25) is 5.02 Å². The van der Waals surface area contributed by atoms with Gasteiger partial charge in [-0.25, -0.2) is 4.98 Å². The molecule has 0 unspecified atom stereocenters. The second kappa shape index (κ2) is 9.29. The Hall–Kier alpha value is -3.88. The first-order chi connectivity index (χ1) is 17.3. The number of hydrogen-bond donors (Lipinski definition) is 1. The molecule has 1 saturated heterocycles. The molecule has 1 amide bonds. The number of aromatic nitrogens is 1. The smallest absolute Gasteiger partial charge is 0.301 e. The molecule has 5 rings (SSSR count). The predicted octanol–water partition coefficient (Wildman–Crippen LogP) is 5.90. The first-order valence-electron chi connectivity index (χ1n) is 11.0. The Morgan fingerprint density at radius 2 is 1.78 bits per heavy atom. The molecular weight excluding hydrogens is 500 g/mol. The van der Waals surface area contributed by atoms with Gasteiger partial charge >= 0.3 is 5.91 Å². The average Bonchev–Trinajstić information content (AvgIpc) is 3.41. The molecule has 4 aromatic rings. The molecule has 0 radical (unpaired) electrons. The lowest BCUT2D eigenvalue weighted by Gasteiger charge is -2.23. The van der Waals surface area contributed by atoms with Crippen molar-refractivity contribution in [3.8, 4) is 11.5 Å². The maximum Gasteiger partial charge on any atom is 0.301 e. The van der Waals surface area contributed by atoms with Crippen LogP contribution in [0.4, 0.5) is 5.13 Å². The number of amides is 1. The van der Waals surface area contributed by atoms with E-state index in [0.29, 0.717) is 38.3 Å². The van der Waals surface area contributed by atoms with E-state index in [4.69, 9.17) is 21.1 Å². The Bertz CT molecular complexity index is 1540. The lowest BCUT2D eigenvalue weighted by atomic mass is 9.95. The van der Waals surface area contributed by atoms with Crippen LogP contribution < -0.4 is 14.4 Å². The zero-order chi connectivity index (χ0) is 25.6. The van der Waals surface area contributed by atoms with Crippen molar-refractivity contribution in [1.29, 1.82) is 0 Å². The molecule has 0 bridgehead atoms. The average molecular weight is 521 g/mol. The summed E-state index contributed by atoms with van der Waals surface area (Å²) >= 11 is 7.37. The van der Waals surface area contributed by atoms with Gasteiger partial charge < -0.3 is 14.6 Å². The highest BCUT2D eigenvalue weighted by Crippen LogP contribution is 2.45. The van der Waals surface area contributed by atoms with Crippen LogP contribution in [0.15, 0.2) is 66.2 Å². The number of fused-ring (bicyclic) bond motifs is 1. The van der Waals surface area contributed by atoms with Crippen molar-refractivity contribution < 1.29 is 24.2 Å². The number of nitrogens with zero attached hydrogens (tertiary/aromatic N) is 2. The fraction of sp³-hybridized carbons (Fsp3) is 0.148. The number of Topliss-reactive ketones (excluding diaryl/α,β-unsaturated/α-hetero) is 1. The lowest BCUT2D eigenvalue weighted by molar-refractivity contribution is -0.132. The first-order valence-corrected chi connectivity index (χ1v) is 12.2. The number of aliphatic hydroxyl groups excluding tert-OH is 1. The maximum absolute atomic E-state index is 13.4. The second-order valence-electron chi connectivity index (χ2n) is 8.24. The number of ketones is 1. The number of thiazole rings is 1. The number of halogens is 1. The topological polar surface area (TPSA) is 89.0 Å². The fourth-order valence-electron chi connectivity index (χ4n) is 4.29. The minimum absolute atomic E-state index is 0.0243. The lowest BCUT2D eigenvalue weighted by Crippen LogP contribution is -2.29. The van der Waals surface area contributed by atoms with E-state index in [1.54, 1.807) is 68.8 Å². The van der Waals surface area contributed by atoms with Crippen molar-refractivity contribution in [3.05, 3.63) is 87.9 Å². The molecule has 1 aliphatic rings. The third-order valence-electron chi connectivity index (χ3n) is 6.09. The number of methoxy groups -OCH3 is 2. The number of carbonyl (C=O) groups is 2. The molecule has 2 heterocycles. The molecule has 0 saturated carbocycles. The van der Waals surface area contributed by atoms with Gasteiger partial charge in [-0.3, -0.25) is 14.5 Å².